The number of methoxy groups -OCH3 is 1. The van der Waals surface area contributed by atoms with Gasteiger partial charge in [0, 0.05) is 36.8 Å². The molecule has 8 aromatic rings. The number of ether oxygens (including phenoxy) is 3. The zero-order valence-corrected chi connectivity index (χ0v) is 31.0. The van der Waals surface area contributed by atoms with Crippen LogP contribution in [0.1, 0.15) is 44.4 Å². The van der Waals surface area contributed by atoms with Crippen LogP contribution in [0.4, 0.5) is 0 Å². The van der Waals surface area contributed by atoms with Crippen molar-refractivity contribution in [3.05, 3.63) is 154 Å². The summed E-state index contributed by atoms with van der Waals surface area (Å²) < 4.78 is 18.6. The van der Waals surface area contributed by atoms with Crippen LogP contribution in [0.2, 0.25) is 0 Å². The van der Waals surface area contributed by atoms with E-state index in [2.05, 4.69) is 47.0 Å². The molecule has 0 saturated heterocycles. The fourth-order valence-electron chi connectivity index (χ4n) is 5.38. The molecule has 0 amide bonds. The fourth-order valence-corrected chi connectivity index (χ4v) is 7.43. The minimum absolute atomic E-state index is 0.229. The van der Waals surface area contributed by atoms with Crippen LogP contribution in [-0.2, 0) is 13.0 Å². The first kappa shape index (κ1) is 36.5. The number of fused-ring (bicyclic) bond motifs is 2. The lowest BCUT2D eigenvalue weighted by atomic mass is 10.1. The Morgan fingerprint density at radius 1 is 0.618 bits per heavy atom. The van der Waals surface area contributed by atoms with E-state index in [0.717, 1.165) is 48.7 Å². The molecule has 2 unspecified atom stereocenters. The predicted octanol–water partition coefficient (Wildman–Crippen LogP) is 8.09. The summed E-state index contributed by atoms with van der Waals surface area (Å²) in [6.45, 7) is 0.754. The number of hydrogen-bond acceptors (Lipinski definition) is 14. The van der Waals surface area contributed by atoms with Crippen molar-refractivity contribution in [2.24, 2.45) is 0 Å². The third-order valence-corrected chi connectivity index (χ3v) is 10.3. The molecule has 0 radical (unpaired) electrons. The Balaban J connectivity index is 0.000000170. The summed E-state index contributed by atoms with van der Waals surface area (Å²) in [6, 6.07) is 35.8. The minimum Gasteiger partial charge on any atom is -0.497 e. The van der Waals surface area contributed by atoms with E-state index in [9.17, 15) is 10.5 Å². The molecule has 55 heavy (non-hydrogen) atoms. The summed E-state index contributed by atoms with van der Waals surface area (Å²) in [6.07, 6.45) is 7.36. The first-order chi connectivity index (χ1) is 27.1. The van der Waals surface area contributed by atoms with Gasteiger partial charge in [0.25, 0.3) is 0 Å². The Labute approximate surface area is 324 Å². The third-order valence-electron chi connectivity index (χ3n) is 8.15. The van der Waals surface area contributed by atoms with E-state index in [1.165, 1.54) is 22.7 Å². The molecule has 3 aromatic carbocycles. The second-order valence-electron chi connectivity index (χ2n) is 11.8. The maximum atomic E-state index is 9.72. The maximum absolute atomic E-state index is 9.72. The number of pyridine rings is 1. The van der Waals surface area contributed by atoms with Gasteiger partial charge in [-0.1, -0.05) is 42.5 Å². The molecule has 0 saturated carbocycles. The minimum atomic E-state index is -0.559. The first-order valence-corrected chi connectivity index (χ1v) is 18.7. The van der Waals surface area contributed by atoms with Crippen LogP contribution < -0.4 is 14.2 Å². The van der Waals surface area contributed by atoms with Gasteiger partial charge in [0.05, 0.1) is 57.7 Å². The highest BCUT2D eigenvalue weighted by molar-refractivity contribution is 7.19. The maximum Gasteiger partial charge on any atom is 0.316 e. The quantitative estimate of drug-likeness (QED) is 0.118. The van der Waals surface area contributed by atoms with Crippen LogP contribution in [0.3, 0.4) is 0 Å². The van der Waals surface area contributed by atoms with Crippen molar-refractivity contribution in [1.29, 1.82) is 10.5 Å². The van der Waals surface area contributed by atoms with E-state index < -0.39 is 11.8 Å². The Hall–Kier alpha value is -6.87. The molecule has 0 N–H and O–H groups in total. The summed E-state index contributed by atoms with van der Waals surface area (Å²) in [4.78, 5) is 30.3. The van der Waals surface area contributed by atoms with Gasteiger partial charge in [-0.05, 0) is 60.2 Å². The lowest BCUT2D eigenvalue weighted by Crippen LogP contribution is -2.07. The molecular weight excluding hydrogens is 731 g/mol. The van der Waals surface area contributed by atoms with Crippen LogP contribution in [0.25, 0.3) is 20.4 Å². The van der Waals surface area contributed by atoms with Gasteiger partial charge in [0.2, 0.25) is 0 Å². The standard InChI is InChI=1S/C22H18N4O2S.C19H13N5OS/c1-27-16-8-6-15(7-9-16)11-13-28-22-24-12-10-18(26-22)17(14-23)21-25-19-4-2-3-5-20(19)29-21;20-10-14(18-23-16-5-1-2-6-17(16)26-18)15-7-9-22-19(24-15)25-12-13-4-3-8-21-11-13/h2-10,12,17H,11,13H2,1H3;1-9,11,14H,12H2. The van der Waals surface area contributed by atoms with Crippen molar-refractivity contribution >= 4 is 43.1 Å². The fraction of sp³-hybridized carbons (Fsp3) is 0.146. The van der Waals surface area contributed by atoms with E-state index in [1.807, 2.05) is 84.9 Å². The molecule has 0 aliphatic rings. The Bertz CT molecular complexity index is 2520. The first-order valence-electron chi connectivity index (χ1n) is 17.0. The number of aromatic nitrogens is 7. The number of hydrogen-bond donors (Lipinski definition) is 0. The van der Waals surface area contributed by atoms with E-state index in [1.54, 1.807) is 44.0 Å². The van der Waals surface area contributed by atoms with Crippen molar-refractivity contribution < 1.29 is 14.2 Å². The zero-order valence-electron chi connectivity index (χ0n) is 29.4. The summed E-state index contributed by atoms with van der Waals surface area (Å²) in [5, 5.41) is 20.8. The van der Waals surface area contributed by atoms with Crippen LogP contribution >= 0.6 is 22.7 Å². The molecule has 0 fully saturated rings. The highest BCUT2D eigenvalue weighted by Crippen LogP contribution is 2.32. The molecule has 0 aliphatic carbocycles. The van der Waals surface area contributed by atoms with Crippen molar-refractivity contribution in [2.75, 3.05) is 13.7 Å². The van der Waals surface area contributed by atoms with Crippen LogP contribution in [-0.4, -0.2) is 48.6 Å². The van der Waals surface area contributed by atoms with Gasteiger partial charge >= 0.3 is 12.0 Å². The van der Waals surface area contributed by atoms with Crippen molar-refractivity contribution in [1.82, 2.24) is 34.9 Å². The molecule has 8 rings (SSSR count). The highest BCUT2D eigenvalue weighted by Gasteiger charge is 2.22. The van der Waals surface area contributed by atoms with Gasteiger partial charge < -0.3 is 14.2 Å². The molecule has 0 aliphatic heterocycles. The second kappa shape index (κ2) is 17.8. The van der Waals surface area contributed by atoms with E-state index in [-0.39, 0.29) is 12.0 Å². The molecule has 2 atom stereocenters. The lowest BCUT2D eigenvalue weighted by Gasteiger charge is -2.08. The normalized spacial score (nSPS) is 11.8. The summed E-state index contributed by atoms with van der Waals surface area (Å²) in [5.41, 5.74) is 4.98. The second-order valence-corrected chi connectivity index (χ2v) is 13.9. The Morgan fingerprint density at radius 2 is 1.20 bits per heavy atom. The SMILES string of the molecule is COc1ccc(CCOc2nccc(C(C#N)c3nc4ccccc4s3)n2)cc1.N#CC(c1ccnc(OCc2cccnc2)n1)c1nc2ccccc2s1. The molecule has 0 bridgehead atoms. The number of thiazole rings is 2. The van der Waals surface area contributed by atoms with Crippen molar-refractivity contribution in [3.8, 4) is 29.9 Å². The average molecular weight is 762 g/mol. The van der Waals surface area contributed by atoms with E-state index >= 15 is 0 Å². The number of para-hydroxylation sites is 2. The van der Waals surface area contributed by atoms with Crippen LogP contribution in [0.5, 0.6) is 17.8 Å². The van der Waals surface area contributed by atoms with Crippen molar-refractivity contribution in [2.45, 2.75) is 24.9 Å². The number of nitrogens with zero attached hydrogens (tertiary/aromatic N) is 9. The monoisotopic (exact) mass is 761 g/mol. The van der Waals surface area contributed by atoms with Gasteiger partial charge in [-0.3, -0.25) is 4.98 Å². The molecule has 5 heterocycles. The number of nitriles is 2. The topological polar surface area (TPSA) is 166 Å². The third kappa shape index (κ3) is 9.20. The van der Waals surface area contributed by atoms with E-state index in [4.69, 9.17) is 14.2 Å². The summed E-state index contributed by atoms with van der Waals surface area (Å²) >= 11 is 3.00. The Kier molecular flexibility index (Phi) is 11.8. The molecule has 14 heteroatoms. The number of rotatable bonds is 12. The average Bonchev–Trinajstić information content (AvgIpc) is 3.87. The molecule has 12 nitrogen and oxygen atoms in total. The summed E-state index contributed by atoms with van der Waals surface area (Å²) in [5.74, 6) is -0.293. The van der Waals surface area contributed by atoms with Gasteiger partial charge in [-0.15, -0.1) is 22.7 Å². The summed E-state index contributed by atoms with van der Waals surface area (Å²) in [7, 11) is 1.64. The van der Waals surface area contributed by atoms with Gasteiger partial charge in [-0.2, -0.15) is 20.5 Å². The lowest BCUT2D eigenvalue weighted by molar-refractivity contribution is 0.279. The molecule has 5 aromatic heterocycles. The smallest absolute Gasteiger partial charge is 0.316 e. The largest absolute Gasteiger partial charge is 0.497 e. The Morgan fingerprint density at radius 3 is 1.73 bits per heavy atom. The van der Waals surface area contributed by atoms with Gasteiger partial charge in [-0.25, -0.2) is 19.9 Å². The van der Waals surface area contributed by atoms with Gasteiger partial charge in [0.15, 0.2) is 0 Å². The zero-order chi connectivity index (χ0) is 37.8. The number of benzene rings is 3. The van der Waals surface area contributed by atoms with Gasteiger partial charge in [0.1, 0.15) is 34.2 Å². The van der Waals surface area contributed by atoms with Crippen LogP contribution in [0.15, 0.2) is 122 Å². The predicted molar refractivity (Wildman–Crippen MR) is 209 cm³/mol. The van der Waals surface area contributed by atoms with Crippen LogP contribution in [0, 0.1) is 22.7 Å². The van der Waals surface area contributed by atoms with Crippen molar-refractivity contribution in [3.63, 3.8) is 0 Å². The molecular formula is C41H31N9O3S2. The van der Waals surface area contributed by atoms with E-state index in [0.29, 0.717) is 29.6 Å². The molecule has 0 spiro atoms. The molecule has 270 valence electrons. The highest BCUT2D eigenvalue weighted by atomic mass is 32.1.